The molecule has 0 saturated heterocycles. The van der Waals surface area contributed by atoms with Gasteiger partial charge < -0.3 is 15.2 Å². The van der Waals surface area contributed by atoms with Gasteiger partial charge in [-0.1, -0.05) is 30.3 Å². The SMILES string of the molecule is COC(=O)CCC(NC(=O)Cc1ccccc1)C(=O)O. The molecule has 0 aliphatic heterocycles. The minimum absolute atomic E-state index is 0.00252. The van der Waals surface area contributed by atoms with Crippen LogP contribution in [0.2, 0.25) is 0 Å². The third-order valence-electron chi connectivity index (χ3n) is 2.71. The van der Waals surface area contributed by atoms with Gasteiger partial charge in [-0.25, -0.2) is 4.79 Å². The lowest BCUT2D eigenvalue weighted by Crippen LogP contribution is -2.41. The Labute approximate surface area is 116 Å². The highest BCUT2D eigenvalue weighted by atomic mass is 16.5. The van der Waals surface area contributed by atoms with Crippen LogP contribution < -0.4 is 5.32 Å². The maximum atomic E-state index is 11.8. The Balaban J connectivity index is 2.50. The monoisotopic (exact) mass is 279 g/mol. The molecule has 0 aliphatic rings. The molecule has 1 aromatic rings. The zero-order valence-electron chi connectivity index (χ0n) is 11.2. The maximum Gasteiger partial charge on any atom is 0.326 e. The van der Waals surface area contributed by atoms with Gasteiger partial charge in [-0.15, -0.1) is 0 Å². The zero-order valence-corrected chi connectivity index (χ0v) is 11.2. The van der Waals surface area contributed by atoms with Crippen molar-refractivity contribution in [2.45, 2.75) is 25.3 Å². The molecule has 0 heterocycles. The van der Waals surface area contributed by atoms with Crippen LogP contribution in [-0.2, 0) is 25.5 Å². The summed E-state index contributed by atoms with van der Waals surface area (Å²) in [5.74, 6) is -2.07. The van der Waals surface area contributed by atoms with Gasteiger partial charge in [-0.3, -0.25) is 9.59 Å². The van der Waals surface area contributed by atoms with E-state index in [1.54, 1.807) is 24.3 Å². The fourth-order valence-electron chi connectivity index (χ4n) is 1.65. The number of ether oxygens (including phenoxy) is 1. The van der Waals surface area contributed by atoms with Crippen molar-refractivity contribution in [3.63, 3.8) is 0 Å². The first-order chi connectivity index (χ1) is 9.52. The van der Waals surface area contributed by atoms with Crippen LogP contribution in [0.1, 0.15) is 18.4 Å². The molecule has 0 bridgehead atoms. The van der Waals surface area contributed by atoms with E-state index < -0.39 is 23.9 Å². The molecule has 2 N–H and O–H groups in total. The summed E-state index contributed by atoms with van der Waals surface area (Å²) in [7, 11) is 1.23. The van der Waals surface area contributed by atoms with E-state index in [1.165, 1.54) is 7.11 Å². The molecular formula is C14H17NO5. The van der Waals surface area contributed by atoms with Gasteiger partial charge >= 0.3 is 11.9 Å². The number of carboxylic acid groups (broad SMARTS) is 1. The first-order valence-corrected chi connectivity index (χ1v) is 6.16. The number of carbonyl (C=O) groups excluding carboxylic acids is 2. The number of methoxy groups -OCH3 is 1. The molecule has 1 amide bonds. The first-order valence-electron chi connectivity index (χ1n) is 6.16. The predicted molar refractivity (Wildman–Crippen MR) is 71.0 cm³/mol. The number of hydrogen-bond acceptors (Lipinski definition) is 4. The molecule has 6 nitrogen and oxygen atoms in total. The Morgan fingerprint density at radius 2 is 1.90 bits per heavy atom. The summed E-state index contributed by atoms with van der Waals surface area (Å²) < 4.78 is 4.44. The van der Waals surface area contributed by atoms with Crippen LogP contribution in [-0.4, -0.2) is 36.1 Å². The summed E-state index contributed by atoms with van der Waals surface area (Å²) >= 11 is 0. The van der Waals surface area contributed by atoms with E-state index in [9.17, 15) is 14.4 Å². The van der Waals surface area contributed by atoms with E-state index in [0.29, 0.717) is 0 Å². The highest BCUT2D eigenvalue weighted by Gasteiger charge is 2.21. The molecule has 0 aromatic heterocycles. The molecule has 0 radical (unpaired) electrons. The second-order valence-corrected chi connectivity index (χ2v) is 4.24. The summed E-state index contributed by atoms with van der Waals surface area (Å²) in [6.07, 6.45) is 0.0461. The number of aliphatic carboxylic acids is 1. The lowest BCUT2D eigenvalue weighted by Gasteiger charge is -2.13. The van der Waals surface area contributed by atoms with Crippen LogP contribution in [0.4, 0.5) is 0 Å². The molecule has 0 spiro atoms. The van der Waals surface area contributed by atoms with E-state index >= 15 is 0 Å². The number of amides is 1. The second-order valence-electron chi connectivity index (χ2n) is 4.24. The van der Waals surface area contributed by atoms with E-state index in [4.69, 9.17) is 5.11 Å². The second kappa shape index (κ2) is 7.93. The molecule has 20 heavy (non-hydrogen) atoms. The van der Waals surface area contributed by atoms with Crippen LogP contribution in [0.25, 0.3) is 0 Å². The van der Waals surface area contributed by atoms with Crippen LogP contribution in [0, 0.1) is 0 Å². The minimum Gasteiger partial charge on any atom is -0.480 e. The van der Waals surface area contributed by atoms with Gasteiger partial charge in [-0.05, 0) is 12.0 Å². The average molecular weight is 279 g/mol. The summed E-state index contributed by atoms with van der Waals surface area (Å²) in [5.41, 5.74) is 0.794. The average Bonchev–Trinajstić information content (AvgIpc) is 2.43. The van der Waals surface area contributed by atoms with Crippen LogP contribution in [0.3, 0.4) is 0 Å². The van der Waals surface area contributed by atoms with Gasteiger partial charge in [0.2, 0.25) is 5.91 Å². The molecule has 1 rings (SSSR count). The molecule has 108 valence electrons. The van der Waals surface area contributed by atoms with E-state index in [2.05, 4.69) is 10.1 Å². The molecule has 1 aromatic carbocycles. The zero-order chi connectivity index (χ0) is 15.0. The number of hydrogen-bond donors (Lipinski definition) is 2. The standard InChI is InChI=1S/C14H17NO5/c1-20-13(17)8-7-11(14(18)19)15-12(16)9-10-5-3-2-4-6-10/h2-6,11H,7-9H2,1H3,(H,15,16)(H,18,19). The van der Waals surface area contributed by atoms with Crippen molar-refractivity contribution in [3.05, 3.63) is 35.9 Å². The number of benzene rings is 1. The quantitative estimate of drug-likeness (QED) is 0.718. The maximum absolute atomic E-state index is 11.8. The van der Waals surface area contributed by atoms with Crippen LogP contribution >= 0.6 is 0 Å². The smallest absolute Gasteiger partial charge is 0.326 e. The summed E-state index contributed by atoms with van der Waals surface area (Å²) in [6, 6.07) is 7.90. The first kappa shape index (κ1) is 15.7. The Kier molecular flexibility index (Phi) is 6.22. The molecule has 1 atom stereocenters. The van der Waals surface area contributed by atoms with Gasteiger partial charge in [-0.2, -0.15) is 0 Å². The Hall–Kier alpha value is -2.37. The third kappa shape index (κ3) is 5.51. The lowest BCUT2D eigenvalue weighted by atomic mass is 10.1. The number of esters is 1. The van der Waals surface area contributed by atoms with Gasteiger partial charge in [0.05, 0.1) is 13.5 Å². The number of carbonyl (C=O) groups is 3. The van der Waals surface area contributed by atoms with Crippen molar-refractivity contribution in [1.82, 2.24) is 5.32 Å². The van der Waals surface area contributed by atoms with Gasteiger partial charge in [0, 0.05) is 6.42 Å². The molecule has 0 aliphatic carbocycles. The summed E-state index contributed by atoms with van der Waals surface area (Å²) in [6.45, 7) is 0. The normalized spacial score (nSPS) is 11.4. The van der Waals surface area contributed by atoms with Gasteiger partial charge in [0.15, 0.2) is 0 Å². The van der Waals surface area contributed by atoms with Crippen molar-refractivity contribution >= 4 is 17.8 Å². The Bertz CT molecular complexity index is 472. The number of carboxylic acids is 1. The van der Waals surface area contributed by atoms with Gasteiger partial charge in [0.25, 0.3) is 0 Å². The van der Waals surface area contributed by atoms with Crippen molar-refractivity contribution in [1.29, 1.82) is 0 Å². The third-order valence-corrected chi connectivity index (χ3v) is 2.71. The van der Waals surface area contributed by atoms with Crippen LogP contribution in [0.15, 0.2) is 30.3 Å². The van der Waals surface area contributed by atoms with E-state index in [-0.39, 0.29) is 19.3 Å². The number of rotatable bonds is 7. The Morgan fingerprint density at radius 3 is 2.45 bits per heavy atom. The molecule has 1 unspecified atom stereocenters. The topological polar surface area (TPSA) is 92.7 Å². The molecule has 0 saturated carbocycles. The lowest BCUT2D eigenvalue weighted by molar-refractivity contribution is -0.144. The summed E-state index contributed by atoms with van der Waals surface area (Å²) in [5, 5.41) is 11.4. The molecular weight excluding hydrogens is 262 g/mol. The fraction of sp³-hybridized carbons (Fsp3) is 0.357. The Morgan fingerprint density at radius 1 is 1.25 bits per heavy atom. The molecule has 0 fully saturated rings. The summed E-state index contributed by atoms with van der Waals surface area (Å²) in [4.78, 5) is 33.8. The van der Waals surface area contributed by atoms with E-state index in [0.717, 1.165) is 5.56 Å². The van der Waals surface area contributed by atoms with Crippen molar-refractivity contribution in [2.24, 2.45) is 0 Å². The van der Waals surface area contributed by atoms with Crippen LogP contribution in [0.5, 0.6) is 0 Å². The van der Waals surface area contributed by atoms with E-state index in [1.807, 2.05) is 6.07 Å². The van der Waals surface area contributed by atoms with Crippen molar-refractivity contribution in [3.8, 4) is 0 Å². The van der Waals surface area contributed by atoms with Crippen molar-refractivity contribution < 1.29 is 24.2 Å². The highest BCUT2D eigenvalue weighted by Crippen LogP contribution is 2.03. The molecule has 6 heteroatoms. The largest absolute Gasteiger partial charge is 0.480 e. The van der Waals surface area contributed by atoms with Gasteiger partial charge in [0.1, 0.15) is 6.04 Å². The van der Waals surface area contributed by atoms with Crippen molar-refractivity contribution in [2.75, 3.05) is 7.11 Å². The highest BCUT2D eigenvalue weighted by molar-refractivity contribution is 5.85. The predicted octanol–water partition coefficient (Wildman–Crippen LogP) is 0.752. The minimum atomic E-state index is -1.17. The number of nitrogens with one attached hydrogen (secondary N) is 1. The fourth-order valence-corrected chi connectivity index (χ4v) is 1.65.